The zero-order valence-corrected chi connectivity index (χ0v) is 7.96. The van der Waals surface area contributed by atoms with Gasteiger partial charge in [0.2, 0.25) is 0 Å². The van der Waals surface area contributed by atoms with E-state index in [0.29, 0.717) is 22.5 Å². The molecule has 0 bridgehead atoms. The molecule has 78 valence electrons. The third kappa shape index (κ3) is 0.764. The quantitative estimate of drug-likeness (QED) is 0.325. The van der Waals surface area contributed by atoms with Crippen LogP contribution in [0.4, 0.5) is 11.4 Å². The Morgan fingerprint density at radius 2 is 1.27 bits per heavy atom. The second-order valence-electron chi connectivity index (χ2n) is 3.86. The predicted octanol–water partition coefficient (Wildman–Crippen LogP) is -0.394. The Balaban J connectivity index is 2.43. The van der Waals surface area contributed by atoms with Crippen molar-refractivity contribution in [2.45, 2.75) is 5.66 Å². The number of rotatable bonds is 0. The molecule has 2 aromatic rings. The Hall–Kier alpha value is -1.92. The molecule has 0 unspecified atom stereocenters. The van der Waals surface area contributed by atoms with E-state index in [1.165, 1.54) is 0 Å². The summed E-state index contributed by atoms with van der Waals surface area (Å²) < 4.78 is 0. The summed E-state index contributed by atoms with van der Waals surface area (Å²) in [4.78, 5) is 6.08. The first kappa shape index (κ1) is 8.39. The van der Waals surface area contributed by atoms with E-state index >= 15 is 0 Å². The third-order valence-electron chi connectivity index (χ3n) is 2.90. The molecule has 15 heavy (non-hydrogen) atoms. The van der Waals surface area contributed by atoms with E-state index in [2.05, 4.69) is 9.97 Å². The second-order valence-corrected chi connectivity index (χ2v) is 3.86. The first-order valence-electron chi connectivity index (χ1n) is 4.56. The lowest BCUT2D eigenvalue weighted by atomic mass is 10.0. The lowest BCUT2D eigenvalue weighted by Crippen LogP contribution is -2.45. The Morgan fingerprint density at radius 1 is 0.867 bits per heavy atom. The van der Waals surface area contributed by atoms with E-state index in [9.17, 15) is 0 Å². The van der Waals surface area contributed by atoms with Gasteiger partial charge in [-0.2, -0.15) is 0 Å². The Morgan fingerprint density at radius 3 is 1.67 bits per heavy atom. The van der Waals surface area contributed by atoms with Crippen molar-refractivity contribution >= 4 is 11.4 Å². The fourth-order valence-corrected chi connectivity index (χ4v) is 2.29. The standard InChI is InChI=1S/C9H12N6/c10-3-1-14-7-5(3)9(12,13)6-4(11)2-15-8(6)7/h1-2,14-15H,10-13H2. The van der Waals surface area contributed by atoms with E-state index in [4.69, 9.17) is 22.9 Å². The number of hydrogen-bond donors (Lipinski definition) is 6. The molecule has 0 atom stereocenters. The Labute approximate surface area is 85.6 Å². The SMILES string of the molecule is Nc1c[nH]c2c1C(N)(N)c1c(N)c[nH]c1-2. The number of aromatic amines is 2. The summed E-state index contributed by atoms with van der Waals surface area (Å²) in [6, 6.07) is 0. The number of fused-ring (bicyclic) bond motifs is 3. The van der Waals surface area contributed by atoms with E-state index in [-0.39, 0.29) is 0 Å². The highest BCUT2D eigenvalue weighted by molar-refractivity contribution is 5.85. The van der Waals surface area contributed by atoms with Gasteiger partial charge in [-0.25, -0.2) is 0 Å². The van der Waals surface area contributed by atoms with Crippen molar-refractivity contribution in [3.05, 3.63) is 23.5 Å². The van der Waals surface area contributed by atoms with Gasteiger partial charge in [0.25, 0.3) is 0 Å². The Kier molecular flexibility index (Phi) is 1.22. The number of nitrogen functional groups attached to an aromatic ring is 2. The maximum atomic E-state index is 6.07. The average Bonchev–Trinajstić information content (AvgIpc) is 2.73. The summed E-state index contributed by atoms with van der Waals surface area (Å²) in [5, 5.41) is 0. The van der Waals surface area contributed by atoms with Gasteiger partial charge in [0.15, 0.2) is 0 Å². The summed E-state index contributed by atoms with van der Waals surface area (Å²) in [5.41, 5.74) is 26.8. The van der Waals surface area contributed by atoms with Gasteiger partial charge in [-0.15, -0.1) is 0 Å². The highest BCUT2D eigenvalue weighted by Crippen LogP contribution is 2.47. The van der Waals surface area contributed by atoms with Crippen molar-refractivity contribution in [1.82, 2.24) is 9.97 Å². The van der Waals surface area contributed by atoms with Crippen LogP contribution in [-0.4, -0.2) is 9.97 Å². The van der Waals surface area contributed by atoms with Crippen molar-refractivity contribution in [3.8, 4) is 11.4 Å². The zero-order valence-electron chi connectivity index (χ0n) is 7.96. The maximum absolute atomic E-state index is 6.07. The largest absolute Gasteiger partial charge is 0.397 e. The monoisotopic (exact) mass is 204 g/mol. The van der Waals surface area contributed by atoms with E-state index < -0.39 is 5.66 Å². The minimum atomic E-state index is -1.11. The van der Waals surface area contributed by atoms with Gasteiger partial charge < -0.3 is 32.9 Å². The molecule has 6 heteroatoms. The molecule has 1 aliphatic rings. The number of nitrogens with one attached hydrogen (secondary N) is 2. The lowest BCUT2D eigenvalue weighted by Gasteiger charge is -2.20. The van der Waals surface area contributed by atoms with Crippen LogP contribution in [0.25, 0.3) is 11.4 Å². The molecule has 0 aliphatic heterocycles. The summed E-state index contributed by atoms with van der Waals surface area (Å²) in [6.07, 6.45) is 3.36. The van der Waals surface area contributed by atoms with Crippen LogP contribution < -0.4 is 22.9 Å². The topological polar surface area (TPSA) is 136 Å². The first-order valence-corrected chi connectivity index (χ1v) is 4.56. The van der Waals surface area contributed by atoms with Crippen molar-refractivity contribution < 1.29 is 0 Å². The van der Waals surface area contributed by atoms with E-state index in [0.717, 1.165) is 11.4 Å². The van der Waals surface area contributed by atoms with Crippen LogP contribution in [0, 0.1) is 0 Å². The van der Waals surface area contributed by atoms with Gasteiger partial charge >= 0.3 is 0 Å². The van der Waals surface area contributed by atoms with Crippen LogP contribution in [0.3, 0.4) is 0 Å². The van der Waals surface area contributed by atoms with Crippen molar-refractivity contribution in [1.29, 1.82) is 0 Å². The number of aromatic nitrogens is 2. The maximum Gasteiger partial charge on any atom is 0.125 e. The highest BCUT2D eigenvalue weighted by Gasteiger charge is 2.42. The number of H-pyrrole nitrogens is 2. The molecule has 0 amide bonds. The molecule has 0 fully saturated rings. The van der Waals surface area contributed by atoms with Crippen LogP contribution in [0.1, 0.15) is 11.1 Å². The van der Waals surface area contributed by atoms with Gasteiger partial charge in [-0.05, 0) is 0 Å². The molecule has 3 rings (SSSR count). The smallest absolute Gasteiger partial charge is 0.125 e. The number of nitrogens with two attached hydrogens (primary N) is 4. The molecule has 0 aromatic carbocycles. The molecule has 10 N–H and O–H groups in total. The minimum absolute atomic E-state index is 0.555. The molecule has 2 aromatic heterocycles. The normalized spacial score (nSPS) is 16.4. The zero-order chi connectivity index (χ0) is 10.8. The van der Waals surface area contributed by atoms with Gasteiger partial charge in [0.05, 0.1) is 22.8 Å². The summed E-state index contributed by atoms with van der Waals surface area (Å²) in [6.45, 7) is 0. The fourth-order valence-electron chi connectivity index (χ4n) is 2.29. The molecular weight excluding hydrogens is 192 g/mol. The summed E-state index contributed by atoms with van der Waals surface area (Å²) in [7, 11) is 0. The molecule has 0 radical (unpaired) electrons. The minimum Gasteiger partial charge on any atom is -0.397 e. The molecule has 0 saturated carbocycles. The predicted molar refractivity (Wildman–Crippen MR) is 58.6 cm³/mol. The average molecular weight is 204 g/mol. The fraction of sp³-hybridized carbons (Fsp3) is 0.111. The van der Waals surface area contributed by atoms with Crippen LogP contribution in [0.5, 0.6) is 0 Å². The molecule has 0 spiro atoms. The summed E-state index contributed by atoms with van der Waals surface area (Å²) in [5.74, 6) is 0. The second kappa shape index (κ2) is 2.18. The summed E-state index contributed by atoms with van der Waals surface area (Å²) >= 11 is 0. The molecule has 1 aliphatic carbocycles. The number of hydrogen-bond acceptors (Lipinski definition) is 4. The molecule has 6 nitrogen and oxygen atoms in total. The van der Waals surface area contributed by atoms with E-state index in [1.807, 2.05) is 0 Å². The molecular formula is C9H12N6. The van der Waals surface area contributed by atoms with Crippen molar-refractivity contribution in [2.75, 3.05) is 11.5 Å². The Bertz CT molecular complexity index is 499. The van der Waals surface area contributed by atoms with Crippen molar-refractivity contribution in [3.63, 3.8) is 0 Å². The van der Waals surface area contributed by atoms with Gasteiger partial charge in [0.1, 0.15) is 5.66 Å². The van der Waals surface area contributed by atoms with Crippen LogP contribution in [0.15, 0.2) is 12.4 Å². The van der Waals surface area contributed by atoms with Gasteiger partial charge in [0, 0.05) is 23.5 Å². The van der Waals surface area contributed by atoms with Gasteiger partial charge in [-0.1, -0.05) is 0 Å². The van der Waals surface area contributed by atoms with Gasteiger partial charge in [-0.3, -0.25) is 0 Å². The van der Waals surface area contributed by atoms with Crippen molar-refractivity contribution in [2.24, 2.45) is 11.5 Å². The van der Waals surface area contributed by atoms with Crippen LogP contribution in [-0.2, 0) is 5.66 Å². The first-order chi connectivity index (χ1) is 7.03. The van der Waals surface area contributed by atoms with E-state index in [1.54, 1.807) is 12.4 Å². The number of anilines is 2. The lowest BCUT2D eigenvalue weighted by molar-refractivity contribution is 0.589. The third-order valence-corrected chi connectivity index (χ3v) is 2.90. The molecule has 2 heterocycles. The van der Waals surface area contributed by atoms with Crippen LogP contribution >= 0.6 is 0 Å². The highest BCUT2D eigenvalue weighted by atomic mass is 15.0. The molecule has 0 saturated heterocycles. The van der Waals surface area contributed by atoms with Crippen LogP contribution in [0.2, 0.25) is 0 Å².